The van der Waals surface area contributed by atoms with E-state index in [0.717, 1.165) is 24.5 Å². The number of aryl methyl sites for hydroxylation is 1. The van der Waals surface area contributed by atoms with Crippen molar-refractivity contribution >= 4 is 23.5 Å². The van der Waals surface area contributed by atoms with Crippen LogP contribution in [0, 0.1) is 6.92 Å². The van der Waals surface area contributed by atoms with Crippen LogP contribution in [0.1, 0.15) is 19.5 Å². The number of hydrogen-bond acceptors (Lipinski definition) is 6. The molecule has 146 valence electrons. The highest BCUT2D eigenvalue weighted by molar-refractivity contribution is 5.98. The molecular weight excluding hydrogens is 344 g/mol. The van der Waals surface area contributed by atoms with Gasteiger partial charge in [0.25, 0.3) is 0 Å². The second-order valence-electron chi connectivity index (χ2n) is 6.72. The van der Waals surface area contributed by atoms with Crippen molar-refractivity contribution < 1.29 is 9.53 Å². The zero-order chi connectivity index (χ0) is 19.8. The van der Waals surface area contributed by atoms with Crippen LogP contribution in [0.15, 0.2) is 30.3 Å². The first-order chi connectivity index (χ1) is 12.8. The number of carbonyl (C=O) groups excluding carboxylic acids is 1. The Kier molecular flexibility index (Phi) is 7.36. The number of urea groups is 1. The molecule has 1 aromatic heterocycles. The maximum absolute atomic E-state index is 12.2. The number of hydrogen-bond donors (Lipinski definition) is 3. The highest BCUT2D eigenvalue weighted by Crippen LogP contribution is 2.17. The lowest BCUT2D eigenvalue weighted by Gasteiger charge is -2.13. The Balaban J connectivity index is 1.93. The lowest BCUT2D eigenvalue weighted by Crippen LogP contribution is -2.23. The Morgan fingerprint density at radius 2 is 1.85 bits per heavy atom. The Morgan fingerprint density at radius 3 is 2.48 bits per heavy atom. The zero-order valence-electron chi connectivity index (χ0n) is 16.5. The highest BCUT2D eigenvalue weighted by Gasteiger charge is 2.08. The van der Waals surface area contributed by atoms with E-state index >= 15 is 0 Å². The summed E-state index contributed by atoms with van der Waals surface area (Å²) in [5, 5.41) is 8.64. The van der Waals surface area contributed by atoms with Gasteiger partial charge in [-0.05, 0) is 59.1 Å². The van der Waals surface area contributed by atoms with Gasteiger partial charge in [0, 0.05) is 30.5 Å². The average molecular weight is 372 g/mol. The van der Waals surface area contributed by atoms with Gasteiger partial charge in [0.1, 0.15) is 11.6 Å². The first-order valence-electron chi connectivity index (χ1n) is 8.91. The number of amides is 2. The van der Waals surface area contributed by atoms with Crippen molar-refractivity contribution in [2.45, 2.75) is 26.9 Å². The van der Waals surface area contributed by atoms with Gasteiger partial charge in [0.15, 0.2) is 0 Å². The van der Waals surface area contributed by atoms with Crippen LogP contribution < -0.4 is 20.7 Å². The maximum atomic E-state index is 12.2. The summed E-state index contributed by atoms with van der Waals surface area (Å²) < 4.78 is 5.58. The molecule has 3 N–H and O–H groups in total. The van der Waals surface area contributed by atoms with Crippen LogP contribution in [-0.4, -0.2) is 54.2 Å². The first kappa shape index (κ1) is 20.4. The molecule has 8 heteroatoms. The van der Waals surface area contributed by atoms with Gasteiger partial charge in [-0.2, -0.15) is 4.98 Å². The molecule has 27 heavy (non-hydrogen) atoms. The topological polar surface area (TPSA) is 91.4 Å². The van der Waals surface area contributed by atoms with Crippen LogP contribution in [0.2, 0.25) is 0 Å². The Bertz CT molecular complexity index is 746. The lowest BCUT2D eigenvalue weighted by atomic mass is 10.3. The molecule has 0 bridgehead atoms. The standard InChI is InChI=1S/C19H28N6O2/c1-13(2)27-16-8-6-15(7-9-16)22-19(26)24-18-21-14(3)12-17(23-18)20-10-11-25(4)5/h6-9,12-13H,10-11H2,1-5H3,(H3,20,21,22,23,24,26). The van der Waals surface area contributed by atoms with E-state index in [9.17, 15) is 4.79 Å². The normalized spacial score (nSPS) is 10.8. The molecule has 0 saturated heterocycles. The zero-order valence-corrected chi connectivity index (χ0v) is 16.5. The van der Waals surface area contributed by atoms with E-state index in [1.54, 1.807) is 12.1 Å². The summed E-state index contributed by atoms with van der Waals surface area (Å²) in [6.45, 7) is 7.41. The molecule has 1 heterocycles. The van der Waals surface area contributed by atoms with Crippen molar-refractivity contribution in [3.05, 3.63) is 36.0 Å². The van der Waals surface area contributed by atoms with Gasteiger partial charge in [0.2, 0.25) is 5.95 Å². The molecule has 2 aromatic rings. The molecule has 0 unspecified atom stereocenters. The van der Waals surface area contributed by atoms with E-state index in [2.05, 4.69) is 30.8 Å². The molecule has 0 fully saturated rings. The minimum absolute atomic E-state index is 0.103. The minimum Gasteiger partial charge on any atom is -0.491 e. The van der Waals surface area contributed by atoms with Crippen LogP contribution in [0.4, 0.5) is 22.2 Å². The van der Waals surface area contributed by atoms with E-state index in [1.807, 2.05) is 53.1 Å². The Labute approximate surface area is 160 Å². The second kappa shape index (κ2) is 9.72. The summed E-state index contributed by atoms with van der Waals surface area (Å²) in [4.78, 5) is 22.9. The number of benzene rings is 1. The largest absolute Gasteiger partial charge is 0.491 e. The van der Waals surface area contributed by atoms with Gasteiger partial charge in [-0.3, -0.25) is 5.32 Å². The summed E-state index contributed by atoms with van der Waals surface area (Å²) in [5.74, 6) is 1.68. The van der Waals surface area contributed by atoms with Gasteiger partial charge >= 0.3 is 6.03 Å². The highest BCUT2D eigenvalue weighted by atomic mass is 16.5. The van der Waals surface area contributed by atoms with Crippen LogP contribution >= 0.6 is 0 Å². The third-order valence-corrected chi connectivity index (χ3v) is 3.43. The third kappa shape index (κ3) is 7.49. The molecule has 8 nitrogen and oxygen atoms in total. The van der Waals surface area contributed by atoms with Crippen molar-refractivity contribution in [2.24, 2.45) is 0 Å². The Hall–Kier alpha value is -2.87. The quantitative estimate of drug-likeness (QED) is 0.659. The van der Waals surface area contributed by atoms with Crippen molar-refractivity contribution in [1.82, 2.24) is 14.9 Å². The number of likely N-dealkylation sites (N-methyl/N-ethyl adjacent to an activating group) is 1. The van der Waals surface area contributed by atoms with E-state index < -0.39 is 6.03 Å². The molecule has 0 saturated carbocycles. The molecule has 2 rings (SSSR count). The minimum atomic E-state index is -0.405. The van der Waals surface area contributed by atoms with Crippen LogP contribution in [-0.2, 0) is 0 Å². The fraction of sp³-hybridized carbons (Fsp3) is 0.421. The van der Waals surface area contributed by atoms with Crippen molar-refractivity contribution in [2.75, 3.05) is 43.1 Å². The van der Waals surface area contributed by atoms with E-state index in [1.165, 1.54) is 0 Å². The molecular formula is C19H28N6O2. The molecule has 0 radical (unpaired) electrons. The SMILES string of the molecule is Cc1cc(NCCN(C)C)nc(NC(=O)Nc2ccc(OC(C)C)cc2)n1. The number of rotatable bonds is 8. The fourth-order valence-corrected chi connectivity index (χ4v) is 2.28. The molecule has 0 aliphatic rings. The molecule has 0 aliphatic heterocycles. The summed E-state index contributed by atoms with van der Waals surface area (Å²) in [6, 6.07) is 8.62. The second-order valence-corrected chi connectivity index (χ2v) is 6.72. The van der Waals surface area contributed by atoms with Gasteiger partial charge in [0.05, 0.1) is 6.10 Å². The maximum Gasteiger partial charge on any atom is 0.326 e. The van der Waals surface area contributed by atoms with Crippen molar-refractivity contribution in [3.8, 4) is 5.75 Å². The molecule has 0 spiro atoms. The number of nitrogens with zero attached hydrogens (tertiary/aromatic N) is 3. The summed E-state index contributed by atoms with van der Waals surface area (Å²) in [6.07, 6.45) is 0.103. The average Bonchev–Trinajstić information content (AvgIpc) is 2.55. The van der Waals surface area contributed by atoms with Crippen LogP contribution in [0.25, 0.3) is 0 Å². The number of ether oxygens (including phenoxy) is 1. The summed E-state index contributed by atoms with van der Waals surface area (Å²) in [5.41, 5.74) is 1.42. The van der Waals surface area contributed by atoms with Gasteiger partial charge in [-0.15, -0.1) is 0 Å². The predicted octanol–water partition coefficient (Wildman–Crippen LogP) is 3.19. The molecule has 2 amide bonds. The summed E-state index contributed by atoms with van der Waals surface area (Å²) >= 11 is 0. The smallest absolute Gasteiger partial charge is 0.326 e. The molecule has 0 aliphatic carbocycles. The number of anilines is 3. The van der Waals surface area contributed by atoms with Crippen molar-refractivity contribution in [3.63, 3.8) is 0 Å². The number of aromatic nitrogens is 2. The number of nitrogens with one attached hydrogen (secondary N) is 3. The van der Waals surface area contributed by atoms with Gasteiger partial charge in [-0.1, -0.05) is 0 Å². The number of carbonyl (C=O) groups is 1. The van der Waals surface area contributed by atoms with Crippen molar-refractivity contribution in [1.29, 1.82) is 0 Å². The van der Waals surface area contributed by atoms with Crippen LogP contribution in [0.5, 0.6) is 5.75 Å². The lowest BCUT2D eigenvalue weighted by molar-refractivity contribution is 0.242. The summed E-state index contributed by atoms with van der Waals surface area (Å²) in [7, 11) is 4.01. The monoisotopic (exact) mass is 372 g/mol. The van der Waals surface area contributed by atoms with Gasteiger partial charge in [-0.25, -0.2) is 9.78 Å². The van der Waals surface area contributed by atoms with Gasteiger partial charge < -0.3 is 20.3 Å². The Morgan fingerprint density at radius 1 is 1.15 bits per heavy atom. The van der Waals surface area contributed by atoms with E-state index in [0.29, 0.717) is 11.5 Å². The van der Waals surface area contributed by atoms with E-state index in [4.69, 9.17) is 4.74 Å². The first-order valence-corrected chi connectivity index (χ1v) is 8.91. The van der Waals surface area contributed by atoms with Crippen LogP contribution in [0.3, 0.4) is 0 Å². The van der Waals surface area contributed by atoms with E-state index in [-0.39, 0.29) is 12.1 Å². The predicted molar refractivity (Wildman–Crippen MR) is 109 cm³/mol. The fourth-order valence-electron chi connectivity index (χ4n) is 2.28. The molecule has 1 aromatic carbocycles. The molecule has 0 atom stereocenters. The third-order valence-electron chi connectivity index (χ3n) is 3.43.